The van der Waals surface area contributed by atoms with E-state index in [1.54, 1.807) is 29.2 Å². The van der Waals surface area contributed by atoms with Crippen LogP contribution in [-0.4, -0.2) is 49.6 Å². The molecule has 1 aliphatic carbocycles. The van der Waals surface area contributed by atoms with Crippen LogP contribution in [0.3, 0.4) is 0 Å². The van der Waals surface area contributed by atoms with E-state index in [2.05, 4.69) is 0 Å². The molecule has 2 fully saturated rings. The molecule has 5 heteroatoms. The molecule has 1 amide bonds. The van der Waals surface area contributed by atoms with Gasteiger partial charge in [0.2, 0.25) is 0 Å². The second kappa shape index (κ2) is 8.02. The Kier molecular flexibility index (Phi) is 5.79. The largest absolute Gasteiger partial charge is 0.484 e. The monoisotopic (exact) mass is 337 g/mol. The molecule has 0 aromatic heterocycles. The van der Waals surface area contributed by atoms with E-state index < -0.39 is 0 Å². The van der Waals surface area contributed by atoms with Crippen LogP contribution in [0.4, 0.5) is 0 Å². The van der Waals surface area contributed by atoms with Crippen molar-refractivity contribution in [3.63, 3.8) is 0 Å². The zero-order chi connectivity index (χ0) is 16.1. The first kappa shape index (κ1) is 16.6. The molecule has 1 saturated carbocycles. The predicted octanol–water partition coefficient (Wildman–Crippen LogP) is 1.78. The molecule has 1 saturated heterocycles. The van der Waals surface area contributed by atoms with Gasteiger partial charge in [-0.25, -0.2) is 0 Å². The van der Waals surface area contributed by atoms with Crippen LogP contribution in [0.2, 0.25) is 5.02 Å². The van der Waals surface area contributed by atoms with Crippen LogP contribution in [0.5, 0.6) is 5.75 Å². The third-order valence-electron chi connectivity index (χ3n) is 5.12. The summed E-state index contributed by atoms with van der Waals surface area (Å²) in [7, 11) is 0. The van der Waals surface area contributed by atoms with Gasteiger partial charge in [-0.05, 0) is 49.9 Å². The van der Waals surface area contributed by atoms with Gasteiger partial charge in [0.05, 0.1) is 32.2 Å². The summed E-state index contributed by atoms with van der Waals surface area (Å²) in [6.45, 7) is 3.98. The molecule has 0 radical (unpaired) electrons. The Hall–Kier alpha value is -1.26. The fourth-order valence-electron chi connectivity index (χ4n) is 3.73. The Labute approximate surface area is 143 Å². The highest BCUT2D eigenvalue weighted by Crippen LogP contribution is 2.16. The first-order valence-electron chi connectivity index (χ1n) is 8.73. The SMILES string of the molecule is O=C(COc1ccc(Cl)cc1)N1CC[NH+](C2CCCCC2)CC1. The highest BCUT2D eigenvalue weighted by Gasteiger charge is 2.30. The summed E-state index contributed by atoms with van der Waals surface area (Å²) in [4.78, 5) is 15.9. The average molecular weight is 338 g/mol. The predicted molar refractivity (Wildman–Crippen MR) is 91.1 cm³/mol. The van der Waals surface area contributed by atoms with E-state index in [1.165, 1.54) is 32.1 Å². The van der Waals surface area contributed by atoms with Gasteiger partial charge >= 0.3 is 0 Å². The van der Waals surface area contributed by atoms with E-state index in [9.17, 15) is 4.79 Å². The minimum Gasteiger partial charge on any atom is -0.484 e. The third-order valence-corrected chi connectivity index (χ3v) is 5.37. The van der Waals surface area contributed by atoms with E-state index in [1.807, 2.05) is 4.90 Å². The molecule has 0 bridgehead atoms. The van der Waals surface area contributed by atoms with Gasteiger partial charge in [-0.1, -0.05) is 18.0 Å². The number of amides is 1. The van der Waals surface area contributed by atoms with E-state index >= 15 is 0 Å². The normalized spacial score (nSPS) is 20.5. The Morgan fingerprint density at radius 3 is 2.43 bits per heavy atom. The molecule has 1 aromatic carbocycles. The zero-order valence-corrected chi connectivity index (χ0v) is 14.4. The molecule has 0 spiro atoms. The molecule has 2 aliphatic rings. The van der Waals surface area contributed by atoms with Gasteiger partial charge in [-0.3, -0.25) is 4.79 Å². The van der Waals surface area contributed by atoms with Crippen molar-refractivity contribution < 1.29 is 14.4 Å². The highest BCUT2D eigenvalue weighted by atomic mass is 35.5. The van der Waals surface area contributed by atoms with Crippen LogP contribution < -0.4 is 9.64 Å². The van der Waals surface area contributed by atoms with Crippen LogP contribution >= 0.6 is 11.6 Å². The van der Waals surface area contributed by atoms with Gasteiger partial charge in [0.25, 0.3) is 5.91 Å². The molecule has 0 atom stereocenters. The summed E-state index contributed by atoms with van der Waals surface area (Å²) >= 11 is 5.84. The number of hydrogen-bond acceptors (Lipinski definition) is 2. The standard InChI is InChI=1S/C18H25ClN2O2/c19-15-6-8-17(9-7-15)23-14-18(22)21-12-10-20(11-13-21)16-4-2-1-3-5-16/h6-9,16H,1-5,10-14H2/p+1. The minimum atomic E-state index is 0.0858. The highest BCUT2D eigenvalue weighted by molar-refractivity contribution is 6.30. The number of halogens is 1. The molecule has 4 nitrogen and oxygen atoms in total. The Morgan fingerprint density at radius 1 is 1.13 bits per heavy atom. The molecule has 23 heavy (non-hydrogen) atoms. The maximum Gasteiger partial charge on any atom is 0.260 e. The fourth-order valence-corrected chi connectivity index (χ4v) is 3.86. The lowest BCUT2D eigenvalue weighted by Gasteiger charge is -2.38. The number of nitrogens with zero attached hydrogens (tertiary/aromatic N) is 1. The number of piperazine rings is 1. The minimum absolute atomic E-state index is 0.0858. The molecule has 3 rings (SSSR count). The van der Waals surface area contributed by atoms with E-state index in [4.69, 9.17) is 16.3 Å². The Balaban J connectivity index is 1.41. The van der Waals surface area contributed by atoms with E-state index in [0.29, 0.717) is 10.8 Å². The Bertz CT molecular complexity index is 506. The Morgan fingerprint density at radius 2 is 1.78 bits per heavy atom. The van der Waals surface area contributed by atoms with Crippen LogP contribution in [0.1, 0.15) is 32.1 Å². The van der Waals surface area contributed by atoms with Crippen LogP contribution in [-0.2, 0) is 4.79 Å². The lowest BCUT2D eigenvalue weighted by atomic mass is 9.94. The van der Waals surface area contributed by atoms with Crippen LogP contribution in [0.15, 0.2) is 24.3 Å². The second-order valence-electron chi connectivity index (χ2n) is 6.62. The van der Waals surface area contributed by atoms with Crippen molar-refractivity contribution in [2.75, 3.05) is 32.8 Å². The van der Waals surface area contributed by atoms with Crippen LogP contribution in [0, 0.1) is 0 Å². The third kappa shape index (κ3) is 4.61. The summed E-state index contributed by atoms with van der Waals surface area (Å²) in [5.41, 5.74) is 0. The van der Waals surface area contributed by atoms with Gasteiger partial charge in [0.15, 0.2) is 6.61 Å². The first-order chi connectivity index (χ1) is 11.2. The maximum atomic E-state index is 12.3. The number of quaternary nitrogens is 1. The summed E-state index contributed by atoms with van der Waals surface area (Å²) in [5.74, 6) is 0.775. The van der Waals surface area contributed by atoms with Crippen molar-refractivity contribution in [1.29, 1.82) is 0 Å². The van der Waals surface area contributed by atoms with Crippen molar-refractivity contribution in [3.05, 3.63) is 29.3 Å². The van der Waals surface area contributed by atoms with E-state index in [-0.39, 0.29) is 12.5 Å². The molecular weight excluding hydrogens is 312 g/mol. The number of benzene rings is 1. The lowest BCUT2D eigenvalue weighted by Crippen LogP contribution is -3.18. The number of carbonyl (C=O) groups excluding carboxylic acids is 1. The number of ether oxygens (including phenoxy) is 1. The lowest BCUT2D eigenvalue weighted by molar-refractivity contribution is -0.930. The quantitative estimate of drug-likeness (QED) is 0.908. The number of nitrogens with one attached hydrogen (secondary N) is 1. The van der Waals surface area contributed by atoms with Crippen molar-refractivity contribution in [1.82, 2.24) is 4.90 Å². The van der Waals surface area contributed by atoms with Gasteiger partial charge in [-0.15, -0.1) is 0 Å². The summed E-state index contributed by atoms with van der Waals surface area (Å²) < 4.78 is 5.56. The molecular formula is C18H26ClN2O2+. The topological polar surface area (TPSA) is 34.0 Å². The van der Waals surface area contributed by atoms with Gasteiger partial charge in [0.1, 0.15) is 5.75 Å². The number of hydrogen-bond donors (Lipinski definition) is 1. The number of carbonyl (C=O) groups is 1. The molecule has 126 valence electrons. The van der Waals surface area contributed by atoms with E-state index in [0.717, 1.165) is 32.2 Å². The van der Waals surface area contributed by atoms with Crippen LogP contribution in [0.25, 0.3) is 0 Å². The molecule has 1 aromatic rings. The summed E-state index contributed by atoms with van der Waals surface area (Å²) in [6.07, 6.45) is 6.89. The molecule has 1 heterocycles. The van der Waals surface area contributed by atoms with Gasteiger partial charge in [0, 0.05) is 5.02 Å². The number of rotatable bonds is 4. The average Bonchev–Trinajstić information content (AvgIpc) is 2.62. The van der Waals surface area contributed by atoms with Crippen molar-refractivity contribution in [3.8, 4) is 5.75 Å². The van der Waals surface area contributed by atoms with Crippen molar-refractivity contribution >= 4 is 17.5 Å². The zero-order valence-electron chi connectivity index (χ0n) is 13.6. The molecule has 0 unspecified atom stereocenters. The second-order valence-corrected chi connectivity index (χ2v) is 7.05. The first-order valence-corrected chi connectivity index (χ1v) is 9.11. The van der Waals surface area contributed by atoms with Crippen molar-refractivity contribution in [2.24, 2.45) is 0 Å². The maximum absolute atomic E-state index is 12.3. The molecule has 1 N–H and O–H groups in total. The summed E-state index contributed by atoms with van der Waals surface area (Å²) in [5, 5.41) is 0.672. The van der Waals surface area contributed by atoms with Gasteiger partial charge in [-0.2, -0.15) is 0 Å². The molecule has 1 aliphatic heterocycles. The fraction of sp³-hybridized carbons (Fsp3) is 0.611. The van der Waals surface area contributed by atoms with Crippen molar-refractivity contribution in [2.45, 2.75) is 38.1 Å². The van der Waals surface area contributed by atoms with Gasteiger partial charge < -0.3 is 14.5 Å². The summed E-state index contributed by atoms with van der Waals surface area (Å²) in [6, 6.07) is 7.95. The smallest absolute Gasteiger partial charge is 0.260 e.